The first-order valence-corrected chi connectivity index (χ1v) is 3.20. The SMILES string of the molecule is Cc1c(O)c(=S)ccn1N. The van der Waals surface area contributed by atoms with E-state index in [9.17, 15) is 5.11 Å². The number of rotatable bonds is 0. The summed E-state index contributed by atoms with van der Waals surface area (Å²) in [6, 6.07) is 1.58. The van der Waals surface area contributed by atoms with Gasteiger partial charge < -0.3 is 10.9 Å². The summed E-state index contributed by atoms with van der Waals surface area (Å²) >= 11 is 4.78. The van der Waals surface area contributed by atoms with Crippen molar-refractivity contribution in [2.45, 2.75) is 6.92 Å². The van der Waals surface area contributed by atoms with Crippen LogP contribution in [-0.2, 0) is 0 Å². The molecule has 0 aliphatic carbocycles. The van der Waals surface area contributed by atoms with Crippen molar-refractivity contribution in [1.29, 1.82) is 0 Å². The Morgan fingerprint density at radius 3 is 2.80 bits per heavy atom. The lowest BCUT2D eigenvalue weighted by atomic mass is 10.3. The Kier molecular flexibility index (Phi) is 1.63. The minimum atomic E-state index is 0.0833. The van der Waals surface area contributed by atoms with E-state index in [4.69, 9.17) is 18.1 Å². The van der Waals surface area contributed by atoms with Crippen molar-refractivity contribution < 1.29 is 5.11 Å². The number of hydrogen-bond acceptors (Lipinski definition) is 3. The molecular formula is C6H8N2OS. The van der Waals surface area contributed by atoms with E-state index in [0.29, 0.717) is 10.2 Å². The second kappa shape index (κ2) is 2.30. The number of nitrogens with two attached hydrogens (primary N) is 1. The van der Waals surface area contributed by atoms with Crippen LogP contribution < -0.4 is 5.84 Å². The molecule has 1 rings (SSSR count). The van der Waals surface area contributed by atoms with Crippen molar-refractivity contribution in [1.82, 2.24) is 4.68 Å². The van der Waals surface area contributed by atoms with Crippen LogP contribution in [0.3, 0.4) is 0 Å². The average molecular weight is 156 g/mol. The van der Waals surface area contributed by atoms with E-state index < -0.39 is 0 Å². The molecule has 0 radical (unpaired) electrons. The molecule has 4 heteroatoms. The third-order valence-corrected chi connectivity index (χ3v) is 1.68. The molecule has 3 N–H and O–H groups in total. The molecule has 1 aromatic rings. The van der Waals surface area contributed by atoms with Crippen molar-refractivity contribution >= 4 is 12.2 Å². The fraction of sp³-hybridized carbons (Fsp3) is 0.167. The summed E-state index contributed by atoms with van der Waals surface area (Å²) in [6.45, 7) is 1.70. The van der Waals surface area contributed by atoms with Gasteiger partial charge in [0.25, 0.3) is 0 Å². The zero-order valence-corrected chi connectivity index (χ0v) is 6.35. The van der Waals surface area contributed by atoms with Crippen LogP contribution in [0.4, 0.5) is 0 Å². The highest BCUT2D eigenvalue weighted by atomic mass is 32.1. The Labute approximate surface area is 63.7 Å². The molecule has 0 aromatic carbocycles. The first-order chi connectivity index (χ1) is 4.63. The van der Waals surface area contributed by atoms with Crippen molar-refractivity contribution in [2.24, 2.45) is 0 Å². The predicted molar refractivity (Wildman–Crippen MR) is 41.8 cm³/mol. The first-order valence-electron chi connectivity index (χ1n) is 2.79. The van der Waals surface area contributed by atoms with Crippen LogP contribution in [0.5, 0.6) is 5.75 Å². The Morgan fingerprint density at radius 2 is 2.30 bits per heavy atom. The molecule has 1 heterocycles. The molecule has 0 saturated carbocycles. The summed E-state index contributed by atoms with van der Waals surface area (Å²) in [5, 5.41) is 9.18. The number of aromatic hydroxyl groups is 1. The number of nitrogens with zero attached hydrogens (tertiary/aromatic N) is 1. The van der Waals surface area contributed by atoms with Crippen molar-refractivity contribution in [3.05, 3.63) is 22.5 Å². The van der Waals surface area contributed by atoms with Crippen molar-refractivity contribution in [3.8, 4) is 5.75 Å². The van der Waals surface area contributed by atoms with Crippen LogP contribution in [0.2, 0.25) is 0 Å². The van der Waals surface area contributed by atoms with E-state index in [-0.39, 0.29) is 5.75 Å². The molecule has 0 atom stereocenters. The van der Waals surface area contributed by atoms with Gasteiger partial charge in [0.15, 0.2) is 5.75 Å². The molecule has 0 amide bonds. The topological polar surface area (TPSA) is 51.2 Å². The smallest absolute Gasteiger partial charge is 0.154 e. The van der Waals surface area contributed by atoms with Gasteiger partial charge in [-0.2, -0.15) is 0 Å². The van der Waals surface area contributed by atoms with Gasteiger partial charge in [-0.3, -0.25) is 4.68 Å². The maximum absolute atomic E-state index is 9.18. The normalized spacial score (nSPS) is 9.70. The van der Waals surface area contributed by atoms with Crippen LogP contribution in [0.25, 0.3) is 0 Å². The molecule has 10 heavy (non-hydrogen) atoms. The molecule has 0 saturated heterocycles. The summed E-state index contributed by atoms with van der Waals surface area (Å²) in [5.74, 6) is 5.48. The van der Waals surface area contributed by atoms with E-state index in [1.54, 1.807) is 19.2 Å². The molecule has 0 aliphatic heterocycles. The van der Waals surface area contributed by atoms with E-state index in [1.807, 2.05) is 0 Å². The molecule has 0 bridgehead atoms. The molecule has 3 nitrogen and oxygen atoms in total. The third kappa shape index (κ3) is 0.974. The number of nitrogen functional groups attached to an aromatic ring is 1. The Morgan fingerprint density at radius 1 is 1.70 bits per heavy atom. The maximum Gasteiger partial charge on any atom is 0.154 e. The lowest BCUT2D eigenvalue weighted by molar-refractivity contribution is 0.462. The van der Waals surface area contributed by atoms with Gasteiger partial charge in [-0.05, 0) is 13.0 Å². The van der Waals surface area contributed by atoms with Gasteiger partial charge in [0.2, 0.25) is 0 Å². The number of pyridine rings is 1. The van der Waals surface area contributed by atoms with Crippen molar-refractivity contribution in [2.75, 3.05) is 5.84 Å². The lowest BCUT2D eigenvalue weighted by Gasteiger charge is -2.04. The van der Waals surface area contributed by atoms with E-state index >= 15 is 0 Å². The summed E-state index contributed by atoms with van der Waals surface area (Å²) in [7, 11) is 0. The summed E-state index contributed by atoms with van der Waals surface area (Å²) in [4.78, 5) is 0. The Hall–Kier alpha value is -1.03. The minimum Gasteiger partial charge on any atom is -0.505 e. The monoisotopic (exact) mass is 156 g/mol. The maximum atomic E-state index is 9.18. The van der Waals surface area contributed by atoms with E-state index in [0.717, 1.165) is 0 Å². The standard InChI is InChI=1S/C6H8N2OS/c1-4-6(9)5(10)2-3-8(4)7/h2-3,9H,7H2,1H3. The molecule has 0 aliphatic rings. The third-order valence-electron chi connectivity index (χ3n) is 1.35. The number of aromatic nitrogens is 1. The largest absolute Gasteiger partial charge is 0.505 e. The fourth-order valence-electron chi connectivity index (χ4n) is 0.639. The molecule has 0 unspecified atom stereocenters. The Balaban J connectivity index is 3.49. The van der Waals surface area contributed by atoms with Crippen LogP contribution in [0.1, 0.15) is 5.69 Å². The highest BCUT2D eigenvalue weighted by molar-refractivity contribution is 7.71. The second-order valence-corrected chi connectivity index (χ2v) is 2.46. The summed E-state index contributed by atoms with van der Waals surface area (Å²) in [6.07, 6.45) is 1.61. The van der Waals surface area contributed by atoms with Crippen LogP contribution in [0.15, 0.2) is 12.3 Å². The van der Waals surface area contributed by atoms with Gasteiger partial charge in [-0.25, -0.2) is 0 Å². The molecular weight excluding hydrogens is 148 g/mol. The molecule has 0 spiro atoms. The summed E-state index contributed by atoms with van der Waals surface area (Å²) < 4.78 is 1.75. The minimum absolute atomic E-state index is 0.0833. The molecule has 54 valence electrons. The van der Waals surface area contributed by atoms with Gasteiger partial charge in [-0.15, -0.1) is 0 Å². The van der Waals surface area contributed by atoms with Gasteiger partial charge in [0.1, 0.15) is 0 Å². The van der Waals surface area contributed by atoms with Crippen LogP contribution in [-0.4, -0.2) is 9.78 Å². The van der Waals surface area contributed by atoms with Crippen LogP contribution in [0, 0.1) is 11.4 Å². The number of hydrogen-bond donors (Lipinski definition) is 2. The van der Waals surface area contributed by atoms with Gasteiger partial charge in [0, 0.05) is 6.20 Å². The van der Waals surface area contributed by atoms with Crippen molar-refractivity contribution in [3.63, 3.8) is 0 Å². The Bertz CT molecular complexity index is 305. The molecule has 1 aromatic heterocycles. The zero-order valence-electron chi connectivity index (χ0n) is 5.53. The highest BCUT2D eigenvalue weighted by Crippen LogP contribution is 2.14. The zero-order chi connectivity index (χ0) is 7.72. The first kappa shape index (κ1) is 7.08. The highest BCUT2D eigenvalue weighted by Gasteiger charge is 1.98. The predicted octanol–water partition coefficient (Wildman–Crippen LogP) is 0.945. The lowest BCUT2D eigenvalue weighted by Crippen LogP contribution is -2.11. The van der Waals surface area contributed by atoms with Gasteiger partial charge in [-0.1, -0.05) is 12.2 Å². The average Bonchev–Trinajstić information content (AvgIpc) is 1.93. The fourth-order valence-corrected chi connectivity index (χ4v) is 0.848. The van der Waals surface area contributed by atoms with E-state index in [1.165, 1.54) is 4.68 Å². The van der Waals surface area contributed by atoms with E-state index in [2.05, 4.69) is 0 Å². The summed E-state index contributed by atoms with van der Waals surface area (Å²) in [5.41, 5.74) is 0.576. The van der Waals surface area contributed by atoms with Gasteiger partial charge >= 0.3 is 0 Å². The quantitative estimate of drug-likeness (QED) is 0.434. The second-order valence-electron chi connectivity index (χ2n) is 2.02. The molecule has 0 fully saturated rings. The van der Waals surface area contributed by atoms with Gasteiger partial charge in [0.05, 0.1) is 10.2 Å². The van der Waals surface area contributed by atoms with Crippen LogP contribution >= 0.6 is 12.2 Å².